The third-order valence-electron chi connectivity index (χ3n) is 2.53. The highest BCUT2D eigenvalue weighted by Crippen LogP contribution is 2.23. The molecule has 2 nitrogen and oxygen atoms in total. The van der Waals surface area contributed by atoms with E-state index >= 15 is 0 Å². The van der Waals surface area contributed by atoms with Gasteiger partial charge in [0.15, 0.2) is 11.7 Å². The summed E-state index contributed by atoms with van der Waals surface area (Å²) in [6.45, 7) is 1.73. The van der Waals surface area contributed by atoms with Crippen LogP contribution in [0.3, 0.4) is 0 Å². The quantitative estimate of drug-likeness (QED) is 0.771. The summed E-state index contributed by atoms with van der Waals surface area (Å²) in [5.41, 5.74) is 1.33. The fraction of sp³-hybridized carbons (Fsp3) is 0.308. The van der Waals surface area contributed by atoms with Gasteiger partial charge in [-0.3, -0.25) is 0 Å². The fourth-order valence-corrected chi connectivity index (χ4v) is 1.66. The number of aryl methyl sites for hydroxylation is 2. The lowest BCUT2D eigenvalue weighted by molar-refractivity contribution is 0.503. The number of hydrogen-bond donors (Lipinski definition) is 0. The van der Waals surface area contributed by atoms with Crippen LogP contribution in [0.15, 0.2) is 28.8 Å². The van der Waals surface area contributed by atoms with Crippen molar-refractivity contribution in [3.05, 3.63) is 41.7 Å². The van der Waals surface area contributed by atoms with Gasteiger partial charge >= 0.3 is 0 Å². The molecule has 0 radical (unpaired) electrons. The van der Waals surface area contributed by atoms with Gasteiger partial charge in [-0.15, -0.1) is 11.6 Å². The lowest BCUT2D eigenvalue weighted by atomic mass is 10.1. The van der Waals surface area contributed by atoms with Crippen molar-refractivity contribution in [3.8, 4) is 11.3 Å². The maximum absolute atomic E-state index is 13.4. The molecule has 0 amide bonds. The van der Waals surface area contributed by atoms with Crippen LogP contribution in [0.4, 0.5) is 4.39 Å². The van der Waals surface area contributed by atoms with Crippen LogP contribution in [-0.4, -0.2) is 10.9 Å². The second-order valence-corrected chi connectivity index (χ2v) is 4.25. The Morgan fingerprint density at radius 3 is 2.94 bits per heavy atom. The summed E-state index contributed by atoms with van der Waals surface area (Å²) in [4.78, 5) is 4.13. The second-order valence-electron chi connectivity index (χ2n) is 3.87. The topological polar surface area (TPSA) is 26.0 Å². The SMILES string of the molecule is Cc1ccc(-c2cnc(CCCCl)o2)cc1F. The summed E-state index contributed by atoms with van der Waals surface area (Å²) < 4.78 is 18.9. The van der Waals surface area contributed by atoms with Crippen LogP contribution in [0.5, 0.6) is 0 Å². The fourth-order valence-electron chi connectivity index (χ4n) is 1.52. The minimum atomic E-state index is -0.235. The van der Waals surface area contributed by atoms with Crippen LogP contribution in [0, 0.1) is 12.7 Å². The zero-order chi connectivity index (χ0) is 12.3. The maximum Gasteiger partial charge on any atom is 0.194 e. The van der Waals surface area contributed by atoms with Crippen LogP contribution in [-0.2, 0) is 6.42 Å². The van der Waals surface area contributed by atoms with E-state index < -0.39 is 0 Å². The normalized spacial score (nSPS) is 10.8. The van der Waals surface area contributed by atoms with E-state index in [0.717, 1.165) is 6.42 Å². The molecule has 0 fully saturated rings. The highest BCUT2D eigenvalue weighted by atomic mass is 35.5. The largest absolute Gasteiger partial charge is 0.441 e. The first kappa shape index (κ1) is 12.1. The van der Waals surface area contributed by atoms with E-state index in [0.29, 0.717) is 35.1 Å². The molecule has 17 heavy (non-hydrogen) atoms. The third kappa shape index (κ3) is 2.86. The van der Waals surface area contributed by atoms with Crippen molar-refractivity contribution in [1.82, 2.24) is 4.98 Å². The minimum Gasteiger partial charge on any atom is -0.441 e. The summed E-state index contributed by atoms with van der Waals surface area (Å²) in [5.74, 6) is 1.58. The minimum absolute atomic E-state index is 0.235. The summed E-state index contributed by atoms with van der Waals surface area (Å²) in [5, 5.41) is 0. The number of halogens is 2. The molecular formula is C13H13ClFNO. The Balaban J connectivity index is 2.21. The first-order chi connectivity index (χ1) is 8.20. The van der Waals surface area contributed by atoms with E-state index in [1.54, 1.807) is 19.2 Å². The number of aromatic nitrogens is 1. The van der Waals surface area contributed by atoms with Gasteiger partial charge in [0, 0.05) is 17.9 Å². The van der Waals surface area contributed by atoms with Crippen LogP contribution in [0.1, 0.15) is 17.9 Å². The van der Waals surface area contributed by atoms with Crippen molar-refractivity contribution in [2.24, 2.45) is 0 Å². The van der Waals surface area contributed by atoms with E-state index in [9.17, 15) is 4.39 Å². The van der Waals surface area contributed by atoms with Gasteiger partial charge < -0.3 is 4.42 Å². The molecule has 2 aromatic rings. The predicted molar refractivity (Wildman–Crippen MR) is 65.7 cm³/mol. The average molecular weight is 254 g/mol. The van der Waals surface area contributed by atoms with Gasteiger partial charge in [0.25, 0.3) is 0 Å². The Kier molecular flexibility index (Phi) is 3.79. The van der Waals surface area contributed by atoms with E-state index in [4.69, 9.17) is 16.0 Å². The summed E-state index contributed by atoms with van der Waals surface area (Å²) in [6, 6.07) is 5.01. The molecule has 0 aliphatic carbocycles. The van der Waals surface area contributed by atoms with E-state index in [1.165, 1.54) is 6.07 Å². The molecule has 2 rings (SSSR count). The highest BCUT2D eigenvalue weighted by Gasteiger charge is 2.08. The molecule has 0 atom stereocenters. The van der Waals surface area contributed by atoms with Crippen molar-refractivity contribution in [2.75, 3.05) is 5.88 Å². The third-order valence-corrected chi connectivity index (χ3v) is 2.80. The molecular weight excluding hydrogens is 241 g/mol. The van der Waals surface area contributed by atoms with E-state index in [-0.39, 0.29) is 5.82 Å². The van der Waals surface area contributed by atoms with Gasteiger partial charge in [-0.05, 0) is 25.0 Å². The Morgan fingerprint density at radius 1 is 1.41 bits per heavy atom. The second kappa shape index (κ2) is 5.32. The van der Waals surface area contributed by atoms with Gasteiger partial charge in [0.05, 0.1) is 6.20 Å². The van der Waals surface area contributed by atoms with Crippen LogP contribution >= 0.6 is 11.6 Å². The van der Waals surface area contributed by atoms with Crippen LogP contribution in [0.25, 0.3) is 11.3 Å². The van der Waals surface area contributed by atoms with E-state index in [2.05, 4.69) is 4.98 Å². The smallest absolute Gasteiger partial charge is 0.194 e. The van der Waals surface area contributed by atoms with Crippen molar-refractivity contribution in [2.45, 2.75) is 19.8 Å². The summed E-state index contributed by atoms with van der Waals surface area (Å²) >= 11 is 5.59. The number of oxazole rings is 1. The average Bonchev–Trinajstić information content (AvgIpc) is 2.79. The maximum atomic E-state index is 13.4. The zero-order valence-corrected chi connectivity index (χ0v) is 10.3. The lowest BCUT2D eigenvalue weighted by Crippen LogP contribution is -1.85. The molecule has 0 saturated carbocycles. The van der Waals surface area contributed by atoms with Gasteiger partial charge in [-0.1, -0.05) is 12.1 Å². The summed E-state index contributed by atoms with van der Waals surface area (Å²) in [7, 11) is 0. The molecule has 1 aromatic heterocycles. The molecule has 0 aliphatic rings. The monoisotopic (exact) mass is 253 g/mol. The van der Waals surface area contributed by atoms with Gasteiger partial charge in [-0.2, -0.15) is 0 Å². The molecule has 4 heteroatoms. The number of nitrogens with zero attached hydrogens (tertiary/aromatic N) is 1. The molecule has 1 heterocycles. The Labute approximate surface area is 104 Å². The molecule has 0 bridgehead atoms. The first-order valence-electron chi connectivity index (χ1n) is 5.48. The van der Waals surface area contributed by atoms with Crippen molar-refractivity contribution in [3.63, 3.8) is 0 Å². The number of rotatable bonds is 4. The zero-order valence-electron chi connectivity index (χ0n) is 9.54. The lowest BCUT2D eigenvalue weighted by Gasteiger charge is -1.99. The van der Waals surface area contributed by atoms with Crippen molar-refractivity contribution in [1.29, 1.82) is 0 Å². The Morgan fingerprint density at radius 2 is 2.24 bits per heavy atom. The van der Waals surface area contributed by atoms with Gasteiger partial charge in [0.2, 0.25) is 0 Å². The molecule has 0 saturated heterocycles. The predicted octanol–water partition coefficient (Wildman–Crippen LogP) is 3.96. The Bertz CT molecular complexity index is 510. The van der Waals surface area contributed by atoms with Gasteiger partial charge in [0.1, 0.15) is 5.82 Å². The number of hydrogen-bond acceptors (Lipinski definition) is 2. The molecule has 0 aliphatic heterocycles. The molecule has 1 aromatic carbocycles. The molecule has 0 unspecified atom stereocenters. The standard InChI is InChI=1S/C13H13ClFNO/c1-9-4-5-10(7-11(9)15)12-8-16-13(17-12)3-2-6-14/h4-5,7-8H,2-3,6H2,1H3. The summed E-state index contributed by atoms with van der Waals surface area (Å²) in [6.07, 6.45) is 3.15. The van der Waals surface area contributed by atoms with Crippen LogP contribution in [0.2, 0.25) is 0 Å². The Hall–Kier alpha value is -1.35. The van der Waals surface area contributed by atoms with Crippen molar-refractivity contribution >= 4 is 11.6 Å². The van der Waals surface area contributed by atoms with Crippen LogP contribution < -0.4 is 0 Å². The number of alkyl halides is 1. The molecule has 90 valence electrons. The number of benzene rings is 1. The van der Waals surface area contributed by atoms with E-state index in [1.807, 2.05) is 6.07 Å². The highest BCUT2D eigenvalue weighted by molar-refractivity contribution is 6.17. The molecule has 0 N–H and O–H groups in total. The van der Waals surface area contributed by atoms with Gasteiger partial charge in [-0.25, -0.2) is 9.37 Å². The van der Waals surface area contributed by atoms with Crippen molar-refractivity contribution < 1.29 is 8.81 Å². The molecule has 0 spiro atoms. The first-order valence-corrected chi connectivity index (χ1v) is 6.01.